The van der Waals surface area contributed by atoms with Gasteiger partial charge in [0.15, 0.2) is 0 Å². The third kappa shape index (κ3) is 5.70. The van der Waals surface area contributed by atoms with Crippen molar-refractivity contribution in [3.63, 3.8) is 0 Å². The van der Waals surface area contributed by atoms with Gasteiger partial charge < -0.3 is 20.9 Å². The predicted molar refractivity (Wildman–Crippen MR) is 108 cm³/mol. The summed E-state index contributed by atoms with van der Waals surface area (Å²) >= 11 is 0. The van der Waals surface area contributed by atoms with Crippen molar-refractivity contribution < 1.29 is 4.79 Å². The minimum Gasteiger partial charge on any atom is -0.356 e. The van der Waals surface area contributed by atoms with E-state index in [0.29, 0.717) is 17.8 Å². The van der Waals surface area contributed by atoms with Gasteiger partial charge in [0.05, 0.1) is 5.92 Å². The van der Waals surface area contributed by atoms with E-state index in [9.17, 15) is 4.79 Å². The van der Waals surface area contributed by atoms with Crippen molar-refractivity contribution in [3.05, 3.63) is 0 Å². The number of carbonyl (C=O) groups is 1. The van der Waals surface area contributed by atoms with Gasteiger partial charge in [-0.05, 0) is 77.0 Å². The largest absolute Gasteiger partial charge is 0.356 e. The Morgan fingerprint density at radius 3 is 2.32 bits per heavy atom. The Morgan fingerprint density at radius 2 is 1.76 bits per heavy atom. The van der Waals surface area contributed by atoms with Crippen LogP contribution in [0.3, 0.4) is 0 Å². The van der Waals surface area contributed by atoms with Gasteiger partial charge in [0, 0.05) is 25.7 Å². The zero-order valence-electron chi connectivity index (χ0n) is 15.7. The molecule has 148 valence electrons. The summed E-state index contributed by atoms with van der Waals surface area (Å²) < 4.78 is 0. The van der Waals surface area contributed by atoms with Crippen LogP contribution in [0.25, 0.3) is 0 Å². The van der Waals surface area contributed by atoms with E-state index in [0.717, 1.165) is 19.6 Å². The van der Waals surface area contributed by atoms with Crippen LogP contribution in [0.1, 0.15) is 32.1 Å². The Hall–Kier alpha value is -0.0700. The molecule has 25 heavy (non-hydrogen) atoms. The molecule has 1 saturated heterocycles. The molecule has 1 aliphatic heterocycles. The Kier molecular flexibility index (Phi) is 9.47. The second-order valence-corrected chi connectivity index (χ2v) is 8.27. The van der Waals surface area contributed by atoms with Crippen molar-refractivity contribution in [2.45, 2.75) is 38.1 Å². The molecule has 3 aliphatic rings. The second kappa shape index (κ2) is 10.3. The van der Waals surface area contributed by atoms with Gasteiger partial charge in [-0.15, -0.1) is 24.8 Å². The SMILES string of the molecule is CN(C)CCN1CCC(CNC(=O)C2C3CCC(C3)C2N)CC1.Cl.Cl. The van der Waals surface area contributed by atoms with E-state index in [4.69, 9.17) is 5.73 Å². The Balaban J connectivity index is 0.00000156. The summed E-state index contributed by atoms with van der Waals surface area (Å²) in [5, 5.41) is 3.23. The number of halogens is 2. The topological polar surface area (TPSA) is 61.6 Å². The third-order valence-electron chi connectivity index (χ3n) is 6.42. The molecular weight excluding hydrogens is 359 g/mol. The molecule has 0 aromatic heterocycles. The standard InChI is InChI=1S/C18H34N4O.2ClH/c1-21(2)9-10-22-7-5-13(6-8-22)12-20-18(23)16-14-3-4-15(11-14)17(16)19;;/h13-17H,3-12,19H2,1-2H3,(H,20,23);2*1H. The van der Waals surface area contributed by atoms with E-state index in [1.807, 2.05) is 0 Å². The highest BCUT2D eigenvalue weighted by molar-refractivity contribution is 5.85. The summed E-state index contributed by atoms with van der Waals surface area (Å²) in [6.45, 7) is 5.47. The second-order valence-electron chi connectivity index (χ2n) is 8.27. The summed E-state index contributed by atoms with van der Waals surface area (Å²) in [6, 6.07) is 0.113. The Bertz CT molecular complexity index is 414. The number of likely N-dealkylation sites (N-methyl/N-ethyl adjacent to an activating group) is 1. The van der Waals surface area contributed by atoms with Gasteiger partial charge in [0.2, 0.25) is 5.91 Å². The first-order chi connectivity index (χ1) is 11.0. The van der Waals surface area contributed by atoms with Gasteiger partial charge in [0.1, 0.15) is 0 Å². The number of carbonyl (C=O) groups excluding carboxylic acids is 1. The lowest BCUT2D eigenvalue weighted by Crippen LogP contribution is -2.47. The van der Waals surface area contributed by atoms with Crippen molar-refractivity contribution in [1.82, 2.24) is 15.1 Å². The highest BCUT2D eigenvalue weighted by Gasteiger charge is 2.49. The molecular formula is C18H36Cl2N4O. The molecule has 1 heterocycles. The van der Waals surface area contributed by atoms with Crippen LogP contribution in [-0.4, -0.2) is 68.6 Å². The first-order valence-corrected chi connectivity index (χ1v) is 9.45. The van der Waals surface area contributed by atoms with Gasteiger partial charge in [-0.25, -0.2) is 0 Å². The number of nitrogens with zero attached hydrogens (tertiary/aromatic N) is 2. The smallest absolute Gasteiger partial charge is 0.224 e. The molecule has 2 aliphatic carbocycles. The fourth-order valence-corrected chi connectivity index (χ4v) is 4.84. The van der Waals surface area contributed by atoms with Crippen molar-refractivity contribution in [2.75, 3.05) is 46.8 Å². The normalized spacial score (nSPS) is 32.3. The van der Waals surface area contributed by atoms with E-state index in [1.165, 1.54) is 45.2 Å². The first-order valence-electron chi connectivity index (χ1n) is 9.45. The van der Waals surface area contributed by atoms with Crippen LogP contribution < -0.4 is 11.1 Å². The summed E-state index contributed by atoms with van der Waals surface area (Å²) in [7, 11) is 4.26. The lowest BCUT2D eigenvalue weighted by Gasteiger charge is -2.33. The molecule has 2 bridgehead atoms. The van der Waals surface area contributed by atoms with Gasteiger partial charge in [0.25, 0.3) is 0 Å². The number of nitrogens with one attached hydrogen (secondary N) is 1. The van der Waals surface area contributed by atoms with Crippen molar-refractivity contribution >= 4 is 30.7 Å². The van der Waals surface area contributed by atoms with Crippen LogP contribution in [-0.2, 0) is 4.79 Å². The maximum absolute atomic E-state index is 12.5. The van der Waals surface area contributed by atoms with E-state index in [-0.39, 0.29) is 42.7 Å². The number of rotatable bonds is 6. The summed E-state index contributed by atoms with van der Waals surface area (Å²) in [6.07, 6.45) is 6.04. The van der Waals surface area contributed by atoms with Crippen molar-refractivity contribution in [3.8, 4) is 0 Å². The molecule has 2 saturated carbocycles. The fraction of sp³-hybridized carbons (Fsp3) is 0.944. The maximum atomic E-state index is 12.5. The molecule has 4 unspecified atom stereocenters. The zero-order chi connectivity index (χ0) is 16.4. The lowest BCUT2D eigenvalue weighted by molar-refractivity contribution is -0.127. The monoisotopic (exact) mass is 394 g/mol. The molecule has 3 rings (SSSR count). The molecule has 1 amide bonds. The number of hydrogen-bond donors (Lipinski definition) is 2. The first kappa shape index (κ1) is 23.0. The quantitative estimate of drug-likeness (QED) is 0.717. The lowest BCUT2D eigenvalue weighted by atomic mass is 9.84. The van der Waals surface area contributed by atoms with Crippen LogP contribution >= 0.6 is 24.8 Å². The highest BCUT2D eigenvalue weighted by atomic mass is 35.5. The highest BCUT2D eigenvalue weighted by Crippen LogP contribution is 2.47. The molecule has 0 spiro atoms. The molecule has 0 aromatic rings. The molecule has 0 aromatic carbocycles. The number of likely N-dealkylation sites (tertiary alicyclic amines) is 1. The third-order valence-corrected chi connectivity index (χ3v) is 6.42. The van der Waals surface area contributed by atoms with Crippen molar-refractivity contribution in [1.29, 1.82) is 0 Å². The summed E-state index contributed by atoms with van der Waals surface area (Å²) in [5.74, 6) is 2.14. The summed E-state index contributed by atoms with van der Waals surface area (Å²) in [4.78, 5) is 17.3. The van der Waals surface area contributed by atoms with Crippen LogP contribution in [0.15, 0.2) is 0 Å². The zero-order valence-corrected chi connectivity index (χ0v) is 17.3. The van der Waals surface area contributed by atoms with Crippen LogP contribution in [0.4, 0.5) is 0 Å². The minimum atomic E-state index is 0. The number of piperidine rings is 1. The Labute approximate surface area is 165 Å². The van der Waals surface area contributed by atoms with E-state index in [2.05, 4.69) is 29.2 Å². The fourth-order valence-electron chi connectivity index (χ4n) is 4.84. The van der Waals surface area contributed by atoms with Crippen molar-refractivity contribution in [2.24, 2.45) is 29.4 Å². The minimum absolute atomic E-state index is 0. The Morgan fingerprint density at radius 1 is 1.12 bits per heavy atom. The van der Waals surface area contributed by atoms with Gasteiger partial charge in [-0.2, -0.15) is 0 Å². The van der Waals surface area contributed by atoms with Crippen LogP contribution in [0.2, 0.25) is 0 Å². The average molecular weight is 395 g/mol. The van der Waals surface area contributed by atoms with Gasteiger partial charge >= 0.3 is 0 Å². The van der Waals surface area contributed by atoms with E-state index >= 15 is 0 Å². The maximum Gasteiger partial charge on any atom is 0.224 e. The summed E-state index contributed by atoms with van der Waals surface area (Å²) in [5.41, 5.74) is 6.28. The molecule has 5 nitrogen and oxygen atoms in total. The molecule has 3 fully saturated rings. The predicted octanol–water partition coefficient (Wildman–Crippen LogP) is 1.59. The van der Waals surface area contributed by atoms with Crippen LogP contribution in [0, 0.1) is 23.7 Å². The number of nitrogens with two attached hydrogens (primary N) is 1. The van der Waals surface area contributed by atoms with Gasteiger partial charge in [-0.1, -0.05) is 0 Å². The average Bonchev–Trinajstić information content (AvgIpc) is 3.12. The van der Waals surface area contributed by atoms with E-state index < -0.39 is 0 Å². The molecule has 0 radical (unpaired) electrons. The van der Waals surface area contributed by atoms with E-state index in [1.54, 1.807) is 0 Å². The molecule has 3 N–H and O–H groups in total. The van der Waals surface area contributed by atoms with Gasteiger partial charge in [-0.3, -0.25) is 4.79 Å². The van der Waals surface area contributed by atoms with Crippen LogP contribution in [0.5, 0.6) is 0 Å². The molecule has 4 atom stereocenters. The molecule has 7 heteroatoms. The number of amides is 1. The number of fused-ring (bicyclic) bond motifs is 2. The number of hydrogen-bond acceptors (Lipinski definition) is 4.